The Morgan fingerprint density at radius 3 is 3.06 bits per heavy atom. The lowest BCUT2D eigenvalue weighted by Gasteiger charge is -2.02. The molecule has 0 bridgehead atoms. The zero-order valence-electron chi connectivity index (χ0n) is 9.38. The highest BCUT2D eigenvalue weighted by molar-refractivity contribution is 5.76. The quantitative estimate of drug-likeness (QED) is 0.199. The minimum absolute atomic E-state index is 0.333. The number of hydrogen-bond acceptors (Lipinski definition) is 3. The summed E-state index contributed by atoms with van der Waals surface area (Å²) >= 11 is 0. The van der Waals surface area contributed by atoms with Gasteiger partial charge in [0.05, 0.1) is 12.7 Å². The van der Waals surface area contributed by atoms with E-state index in [2.05, 4.69) is 21.9 Å². The van der Waals surface area contributed by atoms with E-state index in [0.717, 1.165) is 6.29 Å². The molecule has 1 rings (SSSR count). The van der Waals surface area contributed by atoms with Gasteiger partial charge in [-0.2, -0.15) is 0 Å². The predicted octanol–water partition coefficient (Wildman–Crippen LogP) is 2.56. The first-order valence-electron chi connectivity index (χ1n) is 4.94. The Balaban J connectivity index is 2.86. The summed E-state index contributed by atoms with van der Waals surface area (Å²) in [7, 11) is 1.54. The van der Waals surface area contributed by atoms with Crippen LogP contribution in [0.5, 0.6) is 5.75 Å². The van der Waals surface area contributed by atoms with Gasteiger partial charge in [0.25, 0.3) is 0 Å². The molecule has 5 nitrogen and oxygen atoms in total. The van der Waals surface area contributed by atoms with Crippen LogP contribution < -0.4 is 4.74 Å². The topological polar surface area (TPSA) is 75.1 Å². The first-order valence-corrected chi connectivity index (χ1v) is 4.94. The average Bonchev–Trinajstić information content (AvgIpc) is 2.38. The number of nitrogens with zero attached hydrogens (tertiary/aromatic N) is 3. The number of aldehydes is 1. The fourth-order valence-electron chi connectivity index (χ4n) is 1.20. The van der Waals surface area contributed by atoms with Gasteiger partial charge in [-0.1, -0.05) is 17.0 Å². The molecule has 0 fully saturated rings. The standard InChI is InChI=1S/C12H11N3O2/c1-17-12-6-5-10(9-16)8-11(12)4-2-3-7-14-15-13/h5-6,8-9H,3,7H2,1H3. The predicted molar refractivity (Wildman–Crippen MR) is 63.9 cm³/mol. The number of rotatable bonds is 4. The second-order valence-electron chi connectivity index (χ2n) is 3.08. The van der Waals surface area contributed by atoms with E-state index in [-0.39, 0.29) is 0 Å². The molecule has 0 aliphatic carbocycles. The molecule has 0 radical (unpaired) electrons. The Morgan fingerprint density at radius 2 is 2.41 bits per heavy atom. The lowest BCUT2D eigenvalue weighted by atomic mass is 10.1. The maximum atomic E-state index is 10.6. The van der Waals surface area contributed by atoms with E-state index >= 15 is 0 Å². The maximum absolute atomic E-state index is 10.6. The summed E-state index contributed by atoms with van der Waals surface area (Å²) in [5.41, 5.74) is 9.28. The summed E-state index contributed by atoms with van der Waals surface area (Å²) < 4.78 is 5.12. The normalized spacial score (nSPS) is 8.53. The minimum Gasteiger partial charge on any atom is -0.495 e. The molecular weight excluding hydrogens is 218 g/mol. The lowest BCUT2D eigenvalue weighted by Crippen LogP contribution is -1.90. The molecule has 0 unspecified atom stereocenters. The summed E-state index contributed by atoms with van der Waals surface area (Å²) in [5, 5.41) is 3.37. The van der Waals surface area contributed by atoms with E-state index < -0.39 is 0 Å². The van der Waals surface area contributed by atoms with Crippen LogP contribution in [0.2, 0.25) is 0 Å². The van der Waals surface area contributed by atoms with Crippen molar-refractivity contribution in [2.45, 2.75) is 6.42 Å². The number of azide groups is 1. The van der Waals surface area contributed by atoms with Gasteiger partial charge in [-0.05, 0) is 23.7 Å². The zero-order chi connectivity index (χ0) is 12.5. The van der Waals surface area contributed by atoms with E-state index in [1.807, 2.05) is 0 Å². The SMILES string of the molecule is COc1ccc(C=O)cc1C#CCCN=[N+]=[N-]. The molecule has 0 N–H and O–H groups in total. The molecule has 0 amide bonds. The van der Waals surface area contributed by atoms with Gasteiger partial charge in [-0.15, -0.1) is 0 Å². The third-order valence-electron chi connectivity index (χ3n) is 1.98. The summed E-state index contributed by atoms with van der Waals surface area (Å²) in [5.74, 6) is 6.35. The fourth-order valence-corrected chi connectivity index (χ4v) is 1.20. The molecule has 1 aromatic rings. The molecule has 0 spiro atoms. The molecule has 17 heavy (non-hydrogen) atoms. The van der Waals surface area contributed by atoms with E-state index in [4.69, 9.17) is 10.3 Å². The summed E-state index contributed by atoms with van der Waals surface area (Å²) in [4.78, 5) is 13.3. The van der Waals surface area contributed by atoms with Crippen molar-refractivity contribution in [1.82, 2.24) is 0 Å². The summed E-state index contributed by atoms with van der Waals surface area (Å²) in [6.07, 6.45) is 1.23. The van der Waals surface area contributed by atoms with Gasteiger partial charge in [0.15, 0.2) is 0 Å². The Kier molecular flexibility index (Phi) is 5.15. The molecule has 0 saturated carbocycles. The minimum atomic E-state index is 0.333. The average molecular weight is 229 g/mol. The third kappa shape index (κ3) is 3.90. The van der Waals surface area contributed by atoms with Crippen LogP contribution >= 0.6 is 0 Å². The van der Waals surface area contributed by atoms with Crippen molar-refractivity contribution < 1.29 is 9.53 Å². The van der Waals surface area contributed by atoms with Crippen molar-refractivity contribution in [2.24, 2.45) is 5.11 Å². The van der Waals surface area contributed by atoms with Crippen LogP contribution in [0.4, 0.5) is 0 Å². The Bertz CT molecular complexity index is 508. The molecule has 5 heteroatoms. The van der Waals surface area contributed by atoms with Gasteiger partial charge < -0.3 is 4.74 Å². The van der Waals surface area contributed by atoms with Gasteiger partial charge in [-0.3, -0.25) is 4.79 Å². The van der Waals surface area contributed by atoms with Crippen LogP contribution in [-0.2, 0) is 0 Å². The number of carbonyl (C=O) groups excluding carboxylic acids is 1. The second-order valence-corrected chi connectivity index (χ2v) is 3.08. The van der Waals surface area contributed by atoms with Crippen LogP contribution in [0.1, 0.15) is 22.3 Å². The van der Waals surface area contributed by atoms with Crippen LogP contribution in [-0.4, -0.2) is 19.9 Å². The van der Waals surface area contributed by atoms with Crippen LogP contribution in [0, 0.1) is 11.8 Å². The van der Waals surface area contributed by atoms with E-state index in [1.165, 1.54) is 0 Å². The zero-order valence-corrected chi connectivity index (χ0v) is 9.38. The second kappa shape index (κ2) is 6.94. The molecule has 0 aliphatic rings. The van der Waals surface area contributed by atoms with Gasteiger partial charge >= 0.3 is 0 Å². The molecule has 0 atom stereocenters. The van der Waals surface area contributed by atoms with Crippen molar-refractivity contribution in [2.75, 3.05) is 13.7 Å². The Hall–Kier alpha value is -2.44. The number of ether oxygens (including phenoxy) is 1. The number of carbonyl (C=O) groups is 1. The van der Waals surface area contributed by atoms with Gasteiger partial charge in [0.2, 0.25) is 0 Å². The summed E-state index contributed by atoms with van der Waals surface area (Å²) in [6, 6.07) is 5.02. The van der Waals surface area contributed by atoms with Crippen molar-refractivity contribution >= 4 is 6.29 Å². The largest absolute Gasteiger partial charge is 0.495 e. The summed E-state index contributed by atoms with van der Waals surface area (Å²) in [6.45, 7) is 0.333. The molecule has 1 aromatic carbocycles. The van der Waals surface area contributed by atoms with Gasteiger partial charge in [0.1, 0.15) is 12.0 Å². The fraction of sp³-hybridized carbons (Fsp3) is 0.250. The number of hydrogen-bond donors (Lipinski definition) is 0. The monoisotopic (exact) mass is 229 g/mol. The number of benzene rings is 1. The van der Waals surface area contributed by atoms with Crippen LogP contribution in [0.25, 0.3) is 10.4 Å². The first kappa shape index (κ1) is 12.6. The van der Waals surface area contributed by atoms with Crippen molar-refractivity contribution in [3.63, 3.8) is 0 Å². The molecular formula is C12H11N3O2. The first-order chi connectivity index (χ1) is 8.31. The highest BCUT2D eigenvalue weighted by atomic mass is 16.5. The van der Waals surface area contributed by atoms with Crippen LogP contribution in [0.15, 0.2) is 23.3 Å². The molecule has 0 aliphatic heterocycles. The maximum Gasteiger partial charge on any atom is 0.150 e. The molecule has 86 valence electrons. The highest BCUT2D eigenvalue weighted by Crippen LogP contribution is 2.17. The van der Waals surface area contributed by atoms with Crippen molar-refractivity contribution in [3.05, 3.63) is 39.8 Å². The lowest BCUT2D eigenvalue weighted by molar-refractivity contribution is 0.112. The van der Waals surface area contributed by atoms with E-state index in [0.29, 0.717) is 29.8 Å². The van der Waals surface area contributed by atoms with E-state index in [9.17, 15) is 4.79 Å². The van der Waals surface area contributed by atoms with Gasteiger partial charge in [0, 0.05) is 23.4 Å². The van der Waals surface area contributed by atoms with Gasteiger partial charge in [-0.25, -0.2) is 0 Å². The van der Waals surface area contributed by atoms with Crippen molar-refractivity contribution in [1.29, 1.82) is 0 Å². The molecule has 0 heterocycles. The molecule has 0 saturated heterocycles. The highest BCUT2D eigenvalue weighted by Gasteiger charge is 2.00. The van der Waals surface area contributed by atoms with Crippen LogP contribution in [0.3, 0.4) is 0 Å². The third-order valence-corrected chi connectivity index (χ3v) is 1.98. The number of methoxy groups -OCH3 is 1. The smallest absolute Gasteiger partial charge is 0.150 e. The Labute approximate surface area is 99.0 Å². The molecule has 0 aromatic heterocycles. The van der Waals surface area contributed by atoms with E-state index in [1.54, 1.807) is 25.3 Å². The Morgan fingerprint density at radius 1 is 1.59 bits per heavy atom. The van der Waals surface area contributed by atoms with Crippen molar-refractivity contribution in [3.8, 4) is 17.6 Å².